The normalized spacial score (nSPS) is 12.5. The number of hydrogen-bond acceptors (Lipinski definition) is 1. The van der Waals surface area contributed by atoms with E-state index >= 15 is 0 Å². The first-order valence-corrected chi connectivity index (χ1v) is 8.90. The van der Waals surface area contributed by atoms with Crippen LogP contribution in [0.3, 0.4) is 0 Å². The van der Waals surface area contributed by atoms with Gasteiger partial charge >= 0.3 is 0 Å². The Balaban J connectivity index is 2.67. The Morgan fingerprint density at radius 3 is 1.71 bits per heavy atom. The predicted molar refractivity (Wildman–Crippen MR) is 105 cm³/mol. The molecule has 0 atom stereocenters. The fourth-order valence-electron chi connectivity index (χ4n) is 2.71. The van der Waals surface area contributed by atoms with Crippen LogP contribution in [0.2, 0.25) is 0 Å². The largest absolute Gasteiger partial charge is 0.490 e. The van der Waals surface area contributed by atoms with Gasteiger partial charge in [-0.2, -0.15) is 0 Å². The third kappa shape index (κ3) is 4.41. The van der Waals surface area contributed by atoms with E-state index < -0.39 is 0 Å². The lowest BCUT2D eigenvalue weighted by molar-refractivity contribution is 0.243. The van der Waals surface area contributed by atoms with Gasteiger partial charge in [-0.3, -0.25) is 0 Å². The number of hydrogen-bond donors (Lipinski definition) is 0. The topological polar surface area (TPSA) is 9.23 Å². The number of para-hydroxylation sites is 1. The van der Waals surface area contributed by atoms with Crippen molar-refractivity contribution in [1.82, 2.24) is 0 Å². The molecule has 0 unspecified atom stereocenters. The molecule has 0 saturated heterocycles. The maximum atomic E-state index is 6.05. The molecular weight excluding hydrogens is 292 g/mol. The third-order valence-corrected chi connectivity index (χ3v) is 4.23. The Morgan fingerprint density at radius 1 is 0.750 bits per heavy atom. The molecule has 0 aliphatic rings. The molecule has 0 spiro atoms. The molecule has 0 N–H and O–H groups in total. The molecule has 2 aromatic carbocycles. The monoisotopic (exact) mass is 324 g/mol. The molecule has 0 heterocycles. The highest BCUT2D eigenvalue weighted by molar-refractivity contribution is 5.72. The standard InChI is InChI=1S/C23H32O/c1-16(2)24-21-12-10-9-11-20(21)17-13-18(22(3,4)5)15-19(14-17)23(6,7)8/h9-16H,1-8H3. The summed E-state index contributed by atoms with van der Waals surface area (Å²) in [6, 6.07) is 15.3. The van der Waals surface area contributed by atoms with Gasteiger partial charge in [-0.1, -0.05) is 77.9 Å². The summed E-state index contributed by atoms with van der Waals surface area (Å²) >= 11 is 0. The zero-order valence-electron chi connectivity index (χ0n) is 16.5. The minimum absolute atomic E-state index is 0.115. The summed E-state index contributed by atoms with van der Waals surface area (Å²) in [5, 5.41) is 0. The van der Waals surface area contributed by atoms with Gasteiger partial charge in [0.2, 0.25) is 0 Å². The first-order chi connectivity index (χ1) is 11.0. The first-order valence-electron chi connectivity index (χ1n) is 8.90. The Bertz CT molecular complexity index is 664. The van der Waals surface area contributed by atoms with Crippen LogP contribution in [-0.2, 0) is 10.8 Å². The molecule has 1 nitrogen and oxygen atoms in total. The van der Waals surface area contributed by atoms with Crippen LogP contribution in [0.15, 0.2) is 42.5 Å². The number of ether oxygens (including phenoxy) is 1. The van der Waals surface area contributed by atoms with Gasteiger partial charge in [0.05, 0.1) is 6.10 Å². The van der Waals surface area contributed by atoms with Crippen LogP contribution in [-0.4, -0.2) is 6.10 Å². The molecule has 0 aliphatic carbocycles. The quantitative estimate of drug-likeness (QED) is 0.607. The van der Waals surface area contributed by atoms with E-state index in [2.05, 4.69) is 91.8 Å². The van der Waals surface area contributed by atoms with E-state index in [1.807, 2.05) is 6.07 Å². The molecule has 130 valence electrons. The van der Waals surface area contributed by atoms with Crippen molar-refractivity contribution in [1.29, 1.82) is 0 Å². The molecule has 1 heteroatoms. The zero-order valence-corrected chi connectivity index (χ0v) is 16.5. The second-order valence-electron chi connectivity index (χ2n) is 8.96. The van der Waals surface area contributed by atoms with Crippen LogP contribution in [0.25, 0.3) is 11.1 Å². The second-order valence-corrected chi connectivity index (χ2v) is 8.96. The lowest BCUT2D eigenvalue weighted by Crippen LogP contribution is -2.16. The van der Waals surface area contributed by atoms with Gasteiger partial charge < -0.3 is 4.74 Å². The van der Waals surface area contributed by atoms with Crippen LogP contribution < -0.4 is 4.74 Å². The van der Waals surface area contributed by atoms with Gasteiger partial charge in [0.1, 0.15) is 5.75 Å². The minimum atomic E-state index is 0.115. The fourth-order valence-corrected chi connectivity index (χ4v) is 2.71. The lowest BCUT2D eigenvalue weighted by atomic mass is 9.79. The summed E-state index contributed by atoms with van der Waals surface area (Å²) in [6.45, 7) is 17.8. The molecule has 0 radical (unpaired) electrons. The van der Waals surface area contributed by atoms with E-state index in [1.165, 1.54) is 22.3 Å². The van der Waals surface area contributed by atoms with E-state index in [-0.39, 0.29) is 16.9 Å². The molecule has 0 fully saturated rings. The molecule has 2 rings (SSSR count). The van der Waals surface area contributed by atoms with Gasteiger partial charge in [-0.25, -0.2) is 0 Å². The minimum Gasteiger partial charge on any atom is -0.490 e. The Morgan fingerprint density at radius 2 is 1.25 bits per heavy atom. The van der Waals surface area contributed by atoms with Crippen molar-refractivity contribution in [3.63, 3.8) is 0 Å². The molecular formula is C23H32O. The van der Waals surface area contributed by atoms with E-state index in [1.54, 1.807) is 0 Å². The highest BCUT2D eigenvalue weighted by Crippen LogP contribution is 2.37. The molecule has 0 amide bonds. The molecule has 0 aliphatic heterocycles. The third-order valence-electron chi connectivity index (χ3n) is 4.23. The fraction of sp³-hybridized carbons (Fsp3) is 0.478. The molecule has 0 aromatic heterocycles. The second kappa shape index (κ2) is 6.63. The smallest absolute Gasteiger partial charge is 0.127 e. The van der Waals surface area contributed by atoms with Crippen LogP contribution in [0.5, 0.6) is 5.75 Å². The van der Waals surface area contributed by atoms with Crippen molar-refractivity contribution < 1.29 is 4.74 Å². The molecule has 0 saturated carbocycles. The van der Waals surface area contributed by atoms with E-state index in [0.29, 0.717) is 0 Å². The SMILES string of the molecule is CC(C)Oc1ccccc1-c1cc(C(C)(C)C)cc(C(C)(C)C)c1. The van der Waals surface area contributed by atoms with Gasteiger partial charge in [-0.15, -0.1) is 0 Å². The van der Waals surface area contributed by atoms with Crippen molar-refractivity contribution in [2.24, 2.45) is 0 Å². The van der Waals surface area contributed by atoms with Crippen LogP contribution in [0.1, 0.15) is 66.5 Å². The van der Waals surface area contributed by atoms with Crippen molar-refractivity contribution in [2.75, 3.05) is 0 Å². The maximum Gasteiger partial charge on any atom is 0.127 e. The van der Waals surface area contributed by atoms with Crippen LogP contribution in [0.4, 0.5) is 0 Å². The molecule has 0 bridgehead atoms. The summed E-state index contributed by atoms with van der Waals surface area (Å²) in [6.07, 6.45) is 0.166. The Kier molecular flexibility index (Phi) is 5.13. The van der Waals surface area contributed by atoms with E-state index in [0.717, 1.165) is 5.75 Å². The molecule has 24 heavy (non-hydrogen) atoms. The molecule has 2 aromatic rings. The first kappa shape index (κ1) is 18.6. The summed E-state index contributed by atoms with van der Waals surface area (Å²) in [7, 11) is 0. The average molecular weight is 325 g/mol. The number of benzene rings is 2. The Hall–Kier alpha value is -1.76. The van der Waals surface area contributed by atoms with Crippen LogP contribution in [0, 0.1) is 0 Å². The van der Waals surface area contributed by atoms with Crippen molar-refractivity contribution in [2.45, 2.75) is 72.3 Å². The van der Waals surface area contributed by atoms with Crippen molar-refractivity contribution in [3.8, 4) is 16.9 Å². The van der Waals surface area contributed by atoms with E-state index in [9.17, 15) is 0 Å². The van der Waals surface area contributed by atoms with Crippen molar-refractivity contribution >= 4 is 0 Å². The maximum absolute atomic E-state index is 6.05. The average Bonchev–Trinajstić information content (AvgIpc) is 2.45. The highest BCUT2D eigenvalue weighted by Gasteiger charge is 2.21. The summed E-state index contributed by atoms with van der Waals surface area (Å²) in [5.41, 5.74) is 5.37. The lowest BCUT2D eigenvalue weighted by Gasteiger charge is -2.26. The zero-order chi connectivity index (χ0) is 18.1. The van der Waals surface area contributed by atoms with Gasteiger partial charge in [0, 0.05) is 5.56 Å². The van der Waals surface area contributed by atoms with Gasteiger partial charge in [0.15, 0.2) is 0 Å². The number of rotatable bonds is 3. The predicted octanol–water partition coefficient (Wildman–Crippen LogP) is 6.74. The summed E-state index contributed by atoms with van der Waals surface area (Å²) in [5.74, 6) is 0.957. The van der Waals surface area contributed by atoms with Crippen molar-refractivity contribution in [3.05, 3.63) is 53.6 Å². The van der Waals surface area contributed by atoms with Gasteiger partial charge in [-0.05, 0) is 47.4 Å². The highest BCUT2D eigenvalue weighted by atomic mass is 16.5. The van der Waals surface area contributed by atoms with Crippen LogP contribution >= 0.6 is 0 Å². The van der Waals surface area contributed by atoms with Gasteiger partial charge in [0.25, 0.3) is 0 Å². The Labute approximate surface area is 148 Å². The van der Waals surface area contributed by atoms with E-state index in [4.69, 9.17) is 4.74 Å². The summed E-state index contributed by atoms with van der Waals surface area (Å²) in [4.78, 5) is 0. The summed E-state index contributed by atoms with van der Waals surface area (Å²) < 4.78 is 6.05.